The highest BCUT2D eigenvalue weighted by atomic mass is 32.2. The molecular weight excluding hydrogens is 312 g/mol. The number of carbonyl (C=O) groups excluding carboxylic acids is 1. The van der Waals surface area contributed by atoms with Gasteiger partial charge in [-0.15, -0.1) is 0 Å². The molecule has 3 N–H and O–H groups in total. The van der Waals surface area contributed by atoms with Crippen molar-refractivity contribution in [3.8, 4) is 0 Å². The number of primary amides is 1. The second-order valence-corrected chi connectivity index (χ2v) is 7.57. The van der Waals surface area contributed by atoms with Gasteiger partial charge in [0.05, 0.1) is 9.79 Å². The van der Waals surface area contributed by atoms with Gasteiger partial charge in [0, 0.05) is 12.1 Å². The van der Waals surface area contributed by atoms with Crippen molar-refractivity contribution in [2.75, 3.05) is 13.1 Å². The second-order valence-electron chi connectivity index (χ2n) is 5.62. The van der Waals surface area contributed by atoms with Crippen LogP contribution in [0.25, 0.3) is 0 Å². The third kappa shape index (κ3) is 3.00. The number of nitrogens with two attached hydrogens (primary N) is 1. The summed E-state index contributed by atoms with van der Waals surface area (Å²) in [6, 6.07) is 12.8. The summed E-state index contributed by atoms with van der Waals surface area (Å²) in [5.74, 6) is -0.414. The molecule has 1 heterocycles. The average Bonchev–Trinajstić information content (AvgIpc) is 3.09. The minimum Gasteiger partial charge on any atom is -0.366 e. The Kier molecular flexibility index (Phi) is 4.19. The van der Waals surface area contributed by atoms with Gasteiger partial charge in [-0.05, 0) is 48.7 Å². The Labute approximate surface area is 135 Å². The molecule has 2 aromatic rings. The van der Waals surface area contributed by atoms with E-state index in [4.69, 9.17) is 5.73 Å². The standard InChI is InChI=1S/C17H18N2O3S/c18-17(20)16-10-14(6-7-15(16)12-8-9-19-11-12)23(21,22)13-4-2-1-3-5-13/h1-7,10,12,19H,8-9,11H2,(H2,18,20). The molecule has 0 aliphatic carbocycles. The molecule has 0 radical (unpaired) electrons. The maximum atomic E-state index is 12.7. The molecule has 1 aliphatic heterocycles. The monoisotopic (exact) mass is 330 g/mol. The van der Waals surface area contributed by atoms with Gasteiger partial charge in [0.1, 0.15) is 0 Å². The van der Waals surface area contributed by atoms with Crippen LogP contribution in [-0.4, -0.2) is 27.4 Å². The molecule has 1 atom stereocenters. The van der Waals surface area contributed by atoms with Crippen LogP contribution in [0.3, 0.4) is 0 Å². The highest BCUT2D eigenvalue weighted by Crippen LogP contribution is 2.29. The largest absolute Gasteiger partial charge is 0.366 e. The van der Waals surface area contributed by atoms with Crippen LogP contribution in [-0.2, 0) is 9.84 Å². The Balaban J connectivity index is 2.08. The number of carbonyl (C=O) groups is 1. The summed E-state index contributed by atoms with van der Waals surface area (Å²) in [7, 11) is -3.66. The van der Waals surface area contributed by atoms with Gasteiger partial charge in [-0.25, -0.2) is 8.42 Å². The molecule has 23 heavy (non-hydrogen) atoms. The lowest BCUT2D eigenvalue weighted by Gasteiger charge is -2.14. The van der Waals surface area contributed by atoms with Crippen molar-refractivity contribution in [1.29, 1.82) is 0 Å². The summed E-state index contributed by atoms with van der Waals surface area (Å²) in [5.41, 5.74) is 6.58. The van der Waals surface area contributed by atoms with Gasteiger partial charge < -0.3 is 11.1 Å². The van der Waals surface area contributed by atoms with Gasteiger partial charge >= 0.3 is 0 Å². The molecule has 2 aromatic carbocycles. The number of benzene rings is 2. The maximum Gasteiger partial charge on any atom is 0.249 e. The first-order valence-corrected chi connectivity index (χ1v) is 8.93. The molecule has 3 rings (SSSR count). The zero-order valence-electron chi connectivity index (χ0n) is 12.5. The normalized spacial score (nSPS) is 18.0. The Bertz CT molecular complexity index is 826. The van der Waals surface area contributed by atoms with E-state index in [1.54, 1.807) is 30.3 Å². The van der Waals surface area contributed by atoms with Gasteiger partial charge in [-0.1, -0.05) is 24.3 Å². The number of amides is 1. The summed E-state index contributed by atoms with van der Waals surface area (Å²) >= 11 is 0. The van der Waals surface area contributed by atoms with E-state index in [9.17, 15) is 13.2 Å². The molecule has 1 fully saturated rings. The summed E-state index contributed by atoms with van der Waals surface area (Å²) in [5, 5.41) is 3.24. The van der Waals surface area contributed by atoms with E-state index >= 15 is 0 Å². The summed E-state index contributed by atoms with van der Waals surface area (Å²) < 4.78 is 25.4. The molecular formula is C17H18N2O3S. The van der Waals surface area contributed by atoms with Crippen LogP contribution in [0.15, 0.2) is 58.3 Å². The SMILES string of the molecule is NC(=O)c1cc(S(=O)(=O)c2ccccc2)ccc1C1CCNC1. The molecule has 6 heteroatoms. The number of hydrogen-bond acceptors (Lipinski definition) is 4. The van der Waals surface area contributed by atoms with Crippen molar-refractivity contribution in [1.82, 2.24) is 5.32 Å². The summed E-state index contributed by atoms with van der Waals surface area (Å²) in [6.07, 6.45) is 0.908. The first kappa shape index (κ1) is 15.7. The lowest BCUT2D eigenvalue weighted by molar-refractivity contribution is 0.0999. The van der Waals surface area contributed by atoms with E-state index in [2.05, 4.69) is 5.32 Å². The van der Waals surface area contributed by atoms with E-state index < -0.39 is 15.7 Å². The van der Waals surface area contributed by atoms with Crippen molar-refractivity contribution in [2.45, 2.75) is 22.1 Å². The van der Waals surface area contributed by atoms with E-state index in [0.717, 1.165) is 25.1 Å². The van der Waals surface area contributed by atoms with E-state index in [1.807, 2.05) is 0 Å². The van der Waals surface area contributed by atoms with Crippen LogP contribution in [0.2, 0.25) is 0 Å². The molecule has 120 valence electrons. The maximum absolute atomic E-state index is 12.7. The molecule has 1 amide bonds. The Morgan fingerprint density at radius 1 is 1.09 bits per heavy atom. The zero-order chi connectivity index (χ0) is 16.4. The fourth-order valence-corrected chi connectivity index (χ4v) is 4.24. The summed E-state index contributed by atoms with van der Waals surface area (Å²) in [4.78, 5) is 12.1. The molecule has 1 aliphatic rings. The van der Waals surface area contributed by atoms with E-state index in [-0.39, 0.29) is 21.3 Å². The number of rotatable bonds is 4. The van der Waals surface area contributed by atoms with Crippen LogP contribution in [0.1, 0.15) is 28.3 Å². The Morgan fingerprint density at radius 2 is 1.83 bits per heavy atom. The second kappa shape index (κ2) is 6.14. The van der Waals surface area contributed by atoms with Crippen molar-refractivity contribution in [3.63, 3.8) is 0 Å². The summed E-state index contributed by atoms with van der Waals surface area (Å²) in [6.45, 7) is 1.65. The number of nitrogens with one attached hydrogen (secondary N) is 1. The Hall–Kier alpha value is -2.18. The highest BCUT2D eigenvalue weighted by Gasteiger charge is 2.25. The van der Waals surface area contributed by atoms with Gasteiger partial charge in [0.2, 0.25) is 15.7 Å². The third-order valence-electron chi connectivity index (χ3n) is 4.15. The van der Waals surface area contributed by atoms with Crippen molar-refractivity contribution >= 4 is 15.7 Å². The molecule has 1 unspecified atom stereocenters. The van der Waals surface area contributed by atoms with Crippen molar-refractivity contribution < 1.29 is 13.2 Å². The lowest BCUT2D eigenvalue weighted by Crippen LogP contribution is -2.18. The highest BCUT2D eigenvalue weighted by molar-refractivity contribution is 7.91. The first-order valence-electron chi connectivity index (χ1n) is 7.45. The minimum absolute atomic E-state index is 0.0900. The van der Waals surface area contributed by atoms with E-state index in [1.165, 1.54) is 18.2 Å². The van der Waals surface area contributed by atoms with Crippen molar-refractivity contribution in [3.05, 3.63) is 59.7 Å². The van der Waals surface area contributed by atoms with Crippen LogP contribution in [0.5, 0.6) is 0 Å². The molecule has 0 saturated carbocycles. The Morgan fingerprint density at radius 3 is 2.43 bits per heavy atom. The fourth-order valence-electron chi connectivity index (χ4n) is 2.93. The molecule has 0 aromatic heterocycles. The molecule has 0 bridgehead atoms. The average molecular weight is 330 g/mol. The lowest BCUT2D eigenvalue weighted by atomic mass is 9.93. The predicted octanol–water partition coefficient (Wildman–Crippen LogP) is 1.70. The van der Waals surface area contributed by atoms with Crippen LogP contribution < -0.4 is 11.1 Å². The van der Waals surface area contributed by atoms with Crippen LogP contribution in [0, 0.1) is 0 Å². The number of sulfone groups is 1. The molecule has 0 spiro atoms. The minimum atomic E-state index is -3.66. The molecule has 5 nitrogen and oxygen atoms in total. The van der Waals surface area contributed by atoms with Gasteiger partial charge in [0.15, 0.2) is 0 Å². The topological polar surface area (TPSA) is 89.3 Å². The van der Waals surface area contributed by atoms with Crippen LogP contribution in [0.4, 0.5) is 0 Å². The van der Waals surface area contributed by atoms with Gasteiger partial charge in [-0.3, -0.25) is 4.79 Å². The zero-order valence-corrected chi connectivity index (χ0v) is 13.3. The first-order chi connectivity index (χ1) is 11.0. The van der Waals surface area contributed by atoms with Gasteiger partial charge in [-0.2, -0.15) is 0 Å². The smallest absolute Gasteiger partial charge is 0.249 e. The molecule has 1 saturated heterocycles. The van der Waals surface area contributed by atoms with Gasteiger partial charge in [0.25, 0.3) is 0 Å². The predicted molar refractivity (Wildman–Crippen MR) is 87.1 cm³/mol. The third-order valence-corrected chi connectivity index (χ3v) is 5.92. The van der Waals surface area contributed by atoms with E-state index in [0.29, 0.717) is 0 Å². The number of hydrogen-bond donors (Lipinski definition) is 2. The quantitative estimate of drug-likeness (QED) is 0.893. The van der Waals surface area contributed by atoms with Crippen LogP contribution >= 0.6 is 0 Å². The fraction of sp³-hybridized carbons (Fsp3) is 0.235. The van der Waals surface area contributed by atoms with Crippen molar-refractivity contribution in [2.24, 2.45) is 5.73 Å².